The number of nitrogens with one attached hydrogen (secondary N) is 1. The van der Waals surface area contributed by atoms with Crippen LogP contribution in [0.4, 0.5) is 5.69 Å². The van der Waals surface area contributed by atoms with Crippen LogP contribution in [-0.2, 0) is 0 Å². The molecule has 3 rings (SSSR count). The standard InChI is InChI=1S/C13H11N3O/c14-10-3-1-9(2-4-10)12-8-16-6-5-11(17)7-13(16)15-12/h1-8,15H,14H2. The van der Waals surface area contributed by atoms with E-state index in [1.807, 2.05) is 34.9 Å². The summed E-state index contributed by atoms with van der Waals surface area (Å²) in [5.41, 5.74) is 9.15. The van der Waals surface area contributed by atoms with Crippen LogP contribution in [0.15, 0.2) is 53.6 Å². The highest BCUT2D eigenvalue weighted by molar-refractivity contribution is 5.64. The van der Waals surface area contributed by atoms with Crippen molar-refractivity contribution < 1.29 is 0 Å². The molecule has 0 aliphatic carbocycles. The highest BCUT2D eigenvalue weighted by atomic mass is 16.1. The van der Waals surface area contributed by atoms with E-state index in [0.717, 1.165) is 22.6 Å². The molecule has 0 amide bonds. The summed E-state index contributed by atoms with van der Waals surface area (Å²) in [6, 6.07) is 10.7. The van der Waals surface area contributed by atoms with Gasteiger partial charge in [-0.1, -0.05) is 12.1 Å². The molecule has 0 aliphatic rings. The van der Waals surface area contributed by atoms with Crippen LogP contribution in [0.25, 0.3) is 16.9 Å². The van der Waals surface area contributed by atoms with Crippen molar-refractivity contribution in [3.63, 3.8) is 0 Å². The highest BCUT2D eigenvalue weighted by Gasteiger charge is 2.02. The lowest BCUT2D eigenvalue weighted by atomic mass is 10.1. The first-order valence-corrected chi connectivity index (χ1v) is 5.29. The number of anilines is 1. The number of imidazole rings is 1. The van der Waals surface area contributed by atoms with Gasteiger partial charge < -0.3 is 15.1 Å². The van der Waals surface area contributed by atoms with Crippen LogP contribution < -0.4 is 11.2 Å². The molecule has 0 bridgehead atoms. The second-order valence-electron chi connectivity index (χ2n) is 3.94. The minimum atomic E-state index is -0.00398. The predicted molar refractivity (Wildman–Crippen MR) is 67.9 cm³/mol. The van der Waals surface area contributed by atoms with Crippen LogP contribution in [0.2, 0.25) is 0 Å². The zero-order chi connectivity index (χ0) is 11.8. The number of nitrogens with zero attached hydrogens (tertiary/aromatic N) is 1. The van der Waals surface area contributed by atoms with Crippen molar-refractivity contribution in [3.8, 4) is 11.3 Å². The number of benzene rings is 1. The maximum absolute atomic E-state index is 11.2. The molecule has 0 atom stereocenters. The molecular formula is C13H11N3O. The number of nitrogen functional groups attached to an aromatic ring is 1. The first-order chi connectivity index (χ1) is 8.22. The molecule has 0 spiro atoms. The zero-order valence-corrected chi connectivity index (χ0v) is 9.05. The number of fused-ring (bicyclic) bond motifs is 1. The van der Waals surface area contributed by atoms with Crippen LogP contribution in [0, 0.1) is 0 Å². The zero-order valence-electron chi connectivity index (χ0n) is 9.05. The van der Waals surface area contributed by atoms with Crippen molar-refractivity contribution in [1.29, 1.82) is 0 Å². The van der Waals surface area contributed by atoms with Gasteiger partial charge in [0.2, 0.25) is 0 Å². The van der Waals surface area contributed by atoms with Crippen molar-refractivity contribution >= 4 is 11.3 Å². The van der Waals surface area contributed by atoms with E-state index in [1.54, 1.807) is 12.3 Å². The molecule has 0 fully saturated rings. The monoisotopic (exact) mass is 225 g/mol. The van der Waals surface area contributed by atoms with Gasteiger partial charge in [-0.05, 0) is 17.7 Å². The fraction of sp³-hybridized carbons (Fsp3) is 0. The lowest BCUT2D eigenvalue weighted by Gasteiger charge is -1.97. The molecule has 84 valence electrons. The van der Waals surface area contributed by atoms with Crippen molar-refractivity contribution in [2.45, 2.75) is 0 Å². The van der Waals surface area contributed by atoms with Gasteiger partial charge in [-0.25, -0.2) is 0 Å². The van der Waals surface area contributed by atoms with Crippen molar-refractivity contribution in [1.82, 2.24) is 9.38 Å². The third kappa shape index (κ3) is 1.69. The fourth-order valence-corrected chi connectivity index (χ4v) is 1.82. The molecule has 3 N–H and O–H groups in total. The number of H-pyrrole nitrogens is 1. The van der Waals surface area contributed by atoms with Gasteiger partial charge in [0.15, 0.2) is 5.43 Å². The average Bonchev–Trinajstić information content (AvgIpc) is 2.72. The SMILES string of the molecule is Nc1ccc(-c2cn3ccc(=O)cc3[nH]2)cc1. The molecule has 1 aromatic carbocycles. The Kier molecular flexibility index (Phi) is 2.01. The number of aromatic nitrogens is 2. The highest BCUT2D eigenvalue weighted by Crippen LogP contribution is 2.19. The maximum Gasteiger partial charge on any atom is 0.183 e. The Labute approximate surface area is 97.3 Å². The van der Waals surface area contributed by atoms with Gasteiger partial charge in [-0.3, -0.25) is 4.79 Å². The average molecular weight is 225 g/mol. The normalized spacial score (nSPS) is 10.8. The summed E-state index contributed by atoms with van der Waals surface area (Å²) in [7, 11) is 0. The Morgan fingerprint density at radius 2 is 1.88 bits per heavy atom. The minimum absolute atomic E-state index is 0.00398. The Bertz CT molecular complexity index is 722. The van der Waals surface area contributed by atoms with E-state index in [2.05, 4.69) is 4.98 Å². The lowest BCUT2D eigenvalue weighted by molar-refractivity contribution is 1.18. The minimum Gasteiger partial charge on any atom is -0.399 e. The summed E-state index contributed by atoms with van der Waals surface area (Å²) in [5.74, 6) is 0. The van der Waals surface area contributed by atoms with Crippen LogP contribution in [0.1, 0.15) is 0 Å². The molecule has 0 aliphatic heterocycles. The summed E-state index contributed by atoms with van der Waals surface area (Å²) < 4.78 is 1.88. The van der Waals surface area contributed by atoms with Gasteiger partial charge in [0, 0.05) is 30.2 Å². The van der Waals surface area contributed by atoms with Crippen LogP contribution in [0.3, 0.4) is 0 Å². The second-order valence-corrected chi connectivity index (χ2v) is 3.94. The van der Waals surface area contributed by atoms with Crippen molar-refractivity contribution in [2.24, 2.45) is 0 Å². The second kappa shape index (κ2) is 3.52. The summed E-state index contributed by atoms with van der Waals surface area (Å²) in [6.07, 6.45) is 3.69. The molecule has 4 nitrogen and oxygen atoms in total. The van der Waals surface area contributed by atoms with E-state index in [4.69, 9.17) is 5.73 Å². The molecule has 0 unspecified atom stereocenters. The summed E-state index contributed by atoms with van der Waals surface area (Å²) in [4.78, 5) is 14.4. The van der Waals surface area contributed by atoms with Crippen LogP contribution >= 0.6 is 0 Å². The fourth-order valence-electron chi connectivity index (χ4n) is 1.82. The Hall–Kier alpha value is -2.49. The predicted octanol–water partition coefficient (Wildman–Crippen LogP) is 1.88. The number of rotatable bonds is 1. The summed E-state index contributed by atoms with van der Waals surface area (Å²) >= 11 is 0. The third-order valence-electron chi connectivity index (χ3n) is 2.71. The van der Waals surface area contributed by atoms with Gasteiger partial charge in [0.25, 0.3) is 0 Å². The third-order valence-corrected chi connectivity index (χ3v) is 2.71. The van der Waals surface area contributed by atoms with E-state index in [1.165, 1.54) is 6.07 Å². The summed E-state index contributed by atoms with van der Waals surface area (Å²) in [6.45, 7) is 0. The lowest BCUT2D eigenvalue weighted by Crippen LogP contribution is -1.97. The number of aromatic amines is 1. The van der Waals surface area contributed by atoms with Crippen molar-refractivity contribution in [2.75, 3.05) is 5.73 Å². The first-order valence-electron chi connectivity index (χ1n) is 5.29. The molecule has 0 saturated heterocycles. The molecule has 2 aromatic heterocycles. The quantitative estimate of drug-likeness (QED) is 0.621. The molecule has 3 aromatic rings. The van der Waals surface area contributed by atoms with E-state index in [0.29, 0.717) is 0 Å². The van der Waals surface area contributed by atoms with E-state index >= 15 is 0 Å². The molecule has 2 heterocycles. The van der Waals surface area contributed by atoms with Crippen LogP contribution in [0.5, 0.6) is 0 Å². The van der Waals surface area contributed by atoms with Gasteiger partial charge in [-0.2, -0.15) is 0 Å². The molecular weight excluding hydrogens is 214 g/mol. The first kappa shape index (κ1) is 9.72. The van der Waals surface area contributed by atoms with E-state index < -0.39 is 0 Å². The largest absolute Gasteiger partial charge is 0.399 e. The summed E-state index contributed by atoms with van der Waals surface area (Å²) in [5, 5.41) is 0. The maximum atomic E-state index is 11.2. The molecule has 0 saturated carbocycles. The van der Waals surface area contributed by atoms with Gasteiger partial charge in [0.1, 0.15) is 5.65 Å². The van der Waals surface area contributed by atoms with E-state index in [-0.39, 0.29) is 5.43 Å². The Morgan fingerprint density at radius 3 is 2.65 bits per heavy atom. The number of hydrogen-bond donors (Lipinski definition) is 2. The Morgan fingerprint density at radius 1 is 1.12 bits per heavy atom. The number of pyridine rings is 1. The van der Waals surface area contributed by atoms with Gasteiger partial charge in [0.05, 0.1) is 5.69 Å². The number of nitrogens with two attached hydrogens (primary N) is 1. The van der Waals surface area contributed by atoms with Crippen molar-refractivity contribution in [3.05, 3.63) is 59.0 Å². The van der Waals surface area contributed by atoms with E-state index in [9.17, 15) is 4.79 Å². The van der Waals surface area contributed by atoms with Crippen LogP contribution in [-0.4, -0.2) is 9.38 Å². The smallest absolute Gasteiger partial charge is 0.183 e. The Balaban J connectivity index is 2.17. The topological polar surface area (TPSA) is 63.3 Å². The van der Waals surface area contributed by atoms with Gasteiger partial charge in [-0.15, -0.1) is 0 Å². The number of hydrogen-bond acceptors (Lipinski definition) is 2. The molecule has 17 heavy (non-hydrogen) atoms. The van der Waals surface area contributed by atoms with Gasteiger partial charge >= 0.3 is 0 Å². The molecule has 4 heteroatoms. The molecule has 0 radical (unpaired) electrons.